The third kappa shape index (κ3) is 4.72. The number of hydrogen-bond donors (Lipinski definition) is 1. The number of carbonyl (C=O) groups is 1. The summed E-state index contributed by atoms with van der Waals surface area (Å²) in [6.07, 6.45) is -4.01. The van der Waals surface area contributed by atoms with Gasteiger partial charge in [0.2, 0.25) is 0 Å². The number of carbonyl (C=O) groups excluding carboxylic acids is 1. The van der Waals surface area contributed by atoms with Gasteiger partial charge in [0, 0.05) is 16.6 Å². The van der Waals surface area contributed by atoms with Crippen molar-refractivity contribution < 1.29 is 30.8 Å². The van der Waals surface area contributed by atoms with Crippen LogP contribution in [-0.2, 0) is 16.0 Å². The van der Waals surface area contributed by atoms with Gasteiger partial charge in [-0.05, 0) is 69.0 Å². The van der Waals surface area contributed by atoms with Crippen LogP contribution in [0.1, 0.15) is 42.6 Å². The second-order valence-corrected chi connectivity index (χ2v) is 11.1. The average molecular weight is 478 g/mol. The predicted molar refractivity (Wildman–Crippen MR) is 108 cm³/mol. The number of sulfone groups is 1. The van der Waals surface area contributed by atoms with E-state index in [4.69, 9.17) is 11.6 Å². The van der Waals surface area contributed by atoms with Gasteiger partial charge in [-0.1, -0.05) is 17.7 Å². The maximum atomic E-state index is 13.4. The molecule has 0 radical (unpaired) electrons. The van der Waals surface area contributed by atoms with E-state index in [9.17, 15) is 30.8 Å². The van der Waals surface area contributed by atoms with Crippen molar-refractivity contribution in [3.8, 4) is 0 Å². The lowest BCUT2D eigenvalue weighted by molar-refractivity contribution is -0.137. The van der Waals surface area contributed by atoms with Crippen molar-refractivity contribution >= 4 is 27.3 Å². The fraction of sp³-hybridized carbons (Fsp3) is 0.381. The molecule has 1 N–H and O–H groups in total. The average Bonchev–Trinajstić information content (AvgIpc) is 2.62. The standard InChI is InChI=1S/C21H20ClF4NO3S/c1-20(2,31(29,30)18-5-3-4-13(10-18)21(24,25)26)14-8-17(9-14)27-19(28)12-6-15(22)11-16(23)7-12/h3-7,10-11,14,17H,8-9H2,1-2H3,(H,27,28). The first-order chi connectivity index (χ1) is 14.2. The van der Waals surface area contributed by atoms with E-state index in [2.05, 4.69) is 5.32 Å². The van der Waals surface area contributed by atoms with Crippen LogP contribution < -0.4 is 5.32 Å². The topological polar surface area (TPSA) is 63.2 Å². The summed E-state index contributed by atoms with van der Waals surface area (Å²) in [7, 11) is -4.08. The van der Waals surface area contributed by atoms with E-state index in [1.165, 1.54) is 19.9 Å². The zero-order chi connectivity index (χ0) is 23.2. The van der Waals surface area contributed by atoms with Crippen LogP contribution in [0.25, 0.3) is 0 Å². The molecule has 1 fully saturated rings. The number of nitrogens with one attached hydrogen (secondary N) is 1. The highest BCUT2D eigenvalue weighted by molar-refractivity contribution is 7.92. The monoisotopic (exact) mass is 477 g/mol. The normalized spacial score (nSPS) is 19.6. The molecule has 31 heavy (non-hydrogen) atoms. The highest BCUT2D eigenvalue weighted by Crippen LogP contribution is 2.44. The molecule has 1 aliphatic rings. The molecule has 1 saturated carbocycles. The van der Waals surface area contributed by atoms with Crippen LogP contribution >= 0.6 is 11.6 Å². The Morgan fingerprint density at radius 3 is 2.32 bits per heavy atom. The van der Waals surface area contributed by atoms with Gasteiger partial charge >= 0.3 is 6.18 Å². The molecule has 3 rings (SSSR count). The number of halogens is 5. The summed E-state index contributed by atoms with van der Waals surface area (Å²) in [5.74, 6) is -1.57. The number of rotatable bonds is 5. The van der Waals surface area contributed by atoms with Crippen molar-refractivity contribution in [3.63, 3.8) is 0 Å². The third-order valence-corrected chi connectivity index (χ3v) is 8.56. The minimum absolute atomic E-state index is 0.0456. The molecule has 0 atom stereocenters. The molecule has 4 nitrogen and oxygen atoms in total. The Labute approximate surface area is 182 Å². The van der Waals surface area contributed by atoms with Crippen LogP contribution in [0.4, 0.5) is 17.6 Å². The fourth-order valence-electron chi connectivity index (χ4n) is 3.62. The molecule has 1 aliphatic carbocycles. The summed E-state index contributed by atoms with van der Waals surface area (Å²) in [6.45, 7) is 2.94. The van der Waals surface area contributed by atoms with Gasteiger partial charge in [-0.2, -0.15) is 13.2 Å². The summed E-state index contributed by atoms with van der Waals surface area (Å²) in [4.78, 5) is 11.9. The van der Waals surface area contributed by atoms with E-state index in [1.54, 1.807) is 0 Å². The maximum absolute atomic E-state index is 13.4. The van der Waals surface area contributed by atoms with Gasteiger partial charge in [-0.25, -0.2) is 12.8 Å². The summed E-state index contributed by atoms with van der Waals surface area (Å²) in [6, 6.07) is 6.77. The van der Waals surface area contributed by atoms with Gasteiger partial charge in [0.05, 0.1) is 15.2 Å². The van der Waals surface area contributed by atoms with Gasteiger partial charge in [0.15, 0.2) is 9.84 Å². The molecule has 2 aromatic carbocycles. The Balaban J connectivity index is 1.71. The first-order valence-electron chi connectivity index (χ1n) is 9.40. The first kappa shape index (κ1) is 23.5. The third-order valence-electron chi connectivity index (χ3n) is 5.75. The highest BCUT2D eigenvalue weighted by atomic mass is 35.5. The van der Waals surface area contributed by atoms with Gasteiger partial charge in [-0.3, -0.25) is 4.79 Å². The quantitative estimate of drug-likeness (QED) is 0.597. The largest absolute Gasteiger partial charge is 0.416 e. The lowest BCUT2D eigenvalue weighted by Crippen LogP contribution is -2.53. The first-order valence-corrected chi connectivity index (χ1v) is 11.3. The lowest BCUT2D eigenvalue weighted by Gasteiger charge is -2.45. The van der Waals surface area contributed by atoms with Crippen molar-refractivity contribution in [3.05, 3.63) is 64.4 Å². The number of amides is 1. The number of hydrogen-bond acceptors (Lipinski definition) is 3. The Morgan fingerprint density at radius 1 is 1.10 bits per heavy atom. The highest BCUT2D eigenvalue weighted by Gasteiger charge is 2.49. The molecule has 1 amide bonds. The van der Waals surface area contributed by atoms with Gasteiger partial charge in [0.1, 0.15) is 5.82 Å². The summed E-state index contributed by atoms with van der Waals surface area (Å²) < 4.78 is 77.2. The molecule has 0 spiro atoms. The summed E-state index contributed by atoms with van der Waals surface area (Å²) >= 11 is 5.75. The Bertz CT molecular complexity index is 1090. The smallest absolute Gasteiger partial charge is 0.349 e. The fourth-order valence-corrected chi connectivity index (χ4v) is 5.62. The van der Waals surface area contributed by atoms with Crippen LogP contribution in [0, 0.1) is 11.7 Å². The molecule has 0 heterocycles. The maximum Gasteiger partial charge on any atom is 0.416 e. The minimum Gasteiger partial charge on any atom is -0.349 e. The SMILES string of the molecule is CC(C)(C1CC(NC(=O)c2cc(F)cc(Cl)c2)C1)S(=O)(=O)c1cccc(C(F)(F)F)c1. The summed E-state index contributed by atoms with van der Waals surface area (Å²) in [5.41, 5.74) is -0.985. The van der Waals surface area contributed by atoms with Crippen molar-refractivity contribution in [1.82, 2.24) is 5.32 Å². The molecular weight excluding hydrogens is 458 g/mol. The number of benzene rings is 2. The van der Waals surface area contributed by atoms with E-state index < -0.39 is 42.9 Å². The van der Waals surface area contributed by atoms with E-state index in [-0.39, 0.29) is 22.5 Å². The van der Waals surface area contributed by atoms with E-state index in [1.807, 2.05) is 0 Å². The van der Waals surface area contributed by atoms with Gasteiger partial charge < -0.3 is 5.32 Å². The molecule has 0 bridgehead atoms. The molecule has 0 saturated heterocycles. The van der Waals surface area contributed by atoms with Crippen LogP contribution in [0.5, 0.6) is 0 Å². The molecule has 0 unspecified atom stereocenters. The minimum atomic E-state index is -4.65. The van der Waals surface area contributed by atoms with E-state index in [0.29, 0.717) is 18.9 Å². The molecule has 168 valence electrons. The number of alkyl halides is 3. The molecule has 0 aliphatic heterocycles. The Morgan fingerprint density at radius 2 is 1.74 bits per heavy atom. The van der Waals surface area contributed by atoms with E-state index in [0.717, 1.165) is 30.3 Å². The van der Waals surface area contributed by atoms with E-state index >= 15 is 0 Å². The van der Waals surface area contributed by atoms with Gasteiger partial charge in [-0.15, -0.1) is 0 Å². The van der Waals surface area contributed by atoms with Crippen LogP contribution in [0.15, 0.2) is 47.4 Å². The van der Waals surface area contributed by atoms with Crippen LogP contribution in [0.3, 0.4) is 0 Å². The van der Waals surface area contributed by atoms with Crippen molar-refractivity contribution in [1.29, 1.82) is 0 Å². The summed E-state index contributed by atoms with van der Waals surface area (Å²) in [5, 5.41) is 2.78. The van der Waals surface area contributed by atoms with Gasteiger partial charge in [0.25, 0.3) is 5.91 Å². The molecule has 10 heteroatoms. The lowest BCUT2D eigenvalue weighted by atomic mass is 9.73. The van der Waals surface area contributed by atoms with Crippen molar-refractivity contribution in [2.75, 3.05) is 0 Å². The van der Waals surface area contributed by atoms with Crippen molar-refractivity contribution in [2.45, 2.75) is 48.5 Å². The van der Waals surface area contributed by atoms with Crippen LogP contribution in [-0.4, -0.2) is 25.1 Å². The zero-order valence-electron chi connectivity index (χ0n) is 16.6. The van der Waals surface area contributed by atoms with Crippen molar-refractivity contribution in [2.24, 2.45) is 5.92 Å². The Kier molecular flexibility index (Phi) is 6.14. The molecule has 0 aromatic heterocycles. The molecule has 2 aromatic rings. The Hall–Kier alpha value is -2.13. The second-order valence-electron chi connectivity index (χ2n) is 8.13. The molecular formula is C21H20ClF4NO3S. The zero-order valence-corrected chi connectivity index (χ0v) is 18.2. The second kappa shape index (κ2) is 8.09. The van der Waals surface area contributed by atoms with Crippen LogP contribution in [0.2, 0.25) is 5.02 Å². The predicted octanol–water partition coefficient (Wildman–Crippen LogP) is 5.26.